The first-order valence-corrected chi connectivity index (χ1v) is 50.3. The molecule has 0 unspecified atom stereocenters. The fourth-order valence-corrected chi connectivity index (χ4v) is 19.2. The quantitative estimate of drug-likeness (QED) is 0.0598. The third-order valence-electron chi connectivity index (χ3n) is 26.9. The molecule has 0 radical (unpaired) electrons. The van der Waals surface area contributed by atoms with Crippen molar-refractivity contribution >= 4 is 65.0 Å². The summed E-state index contributed by atoms with van der Waals surface area (Å²) in [5.74, 6) is 11.5. The van der Waals surface area contributed by atoms with Gasteiger partial charge in [0, 0.05) is 117 Å². The molecule has 742 valence electrons. The summed E-state index contributed by atoms with van der Waals surface area (Å²) in [5, 5.41) is 11.0. The molecule has 2 aliphatic rings. The average molecular weight is 1960 g/mol. The number of fused-ring (bicyclic) bond motifs is 8. The number of ether oxygens (including phenoxy) is 12. The summed E-state index contributed by atoms with van der Waals surface area (Å²) in [6.07, 6.45) is 8.27. The molecule has 0 amide bonds. The minimum Gasteiger partial charge on any atom is -0.497 e. The summed E-state index contributed by atoms with van der Waals surface area (Å²) in [5.41, 5.74) is 24.2. The van der Waals surface area contributed by atoms with Gasteiger partial charge in [0.25, 0.3) is 0 Å². The molecule has 2 aliphatic heterocycles. The van der Waals surface area contributed by atoms with Crippen LogP contribution in [-0.2, 0) is 42.3 Å². The lowest BCUT2D eigenvalue weighted by molar-refractivity contribution is -0.659. The summed E-state index contributed by atoms with van der Waals surface area (Å²) in [7, 11) is 15.9. The van der Waals surface area contributed by atoms with Gasteiger partial charge >= 0.3 is 0 Å². The topological polar surface area (TPSA) is 134 Å². The molecule has 22 rings (SSSR count). The molecule has 18 nitrogen and oxygen atoms in total. The number of benzene rings is 14. The maximum Gasteiger partial charge on any atom is 0.231 e. The highest BCUT2D eigenvalue weighted by molar-refractivity contribution is 5.97. The molecule has 0 saturated heterocycles. The van der Waals surface area contributed by atoms with Crippen LogP contribution in [0.5, 0.6) is 80.5 Å². The Morgan fingerprint density at radius 3 is 1.03 bits per heavy atom. The van der Waals surface area contributed by atoms with Crippen LogP contribution in [0.3, 0.4) is 0 Å². The van der Waals surface area contributed by atoms with Gasteiger partial charge in [0.05, 0.1) is 90.2 Å². The van der Waals surface area contributed by atoms with Crippen molar-refractivity contribution in [2.24, 2.45) is 42.3 Å². The van der Waals surface area contributed by atoms with Crippen molar-refractivity contribution in [1.82, 2.24) is 0 Å². The maximum atomic E-state index is 6.31. The molecule has 0 atom stereocenters. The van der Waals surface area contributed by atoms with Crippen molar-refractivity contribution in [3.05, 3.63) is 386 Å². The second-order valence-corrected chi connectivity index (χ2v) is 36.6. The summed E-state index contributed by atoms with van der Waals surface area (Å²) in [6.45, 7) is 25.1. The van der Waals surface area contributed by atoms with E-state index in [1.54, 1.807) is 14.2 Å². The smallest absolute Gasteiger partial charge is 0.231 e. The zero-order valence-electron chi connectivity index (χ0n) is 87.4. The predicted molar refractivity (Wildman–Crippen MR) is 589 cm³/mol. The molecular formula is C129H130N6O12+6. The third-order valence-corrected chi connectivity index (χ3v) is 26.9. The molecule has 6 aromatic heterocycles. The van der Waals surface area contributed by atoms with E-state index in [2.05, 4.69) is 392 Å². The van der Waals surface area contributed by atoms with Crippen molar-refractivity contribution in [1.29, 1.82) is 0 Å². The molecule has 0 spiro atoms. The number of rotatable bonds is 22. The number of aromatic nitrogens is 6. The van der Waals surface area contributed by atoms with Gasteiger partial charge in [-0.1, -0.05) is 141 Å². The van der Waals surface area contributed by atoms with Gasteiger partial charge in [0.2, 0.25) is 57.5 Å². The normalized spacial score (nSPS) is 11.5. The standard InChI is InChI=1S/C29H24NO2.C23H28NO2.C21H24NO2.C19H18NO2.C19H20NO2.C18H16NO2/c1-21-27(29-26-16-10-9-11-22(26)17-18-30(29)2)19-25(31-23-12-5-3-6-13-23)20-28(21)32-24-14-7-4-8-15-24;1-5-13-25-19-15-20(17(3)23(16-19)26-14-6-2)22-12-11-18-9-7-8-10-21(18)24(22)4;1-5-23-17-13-18(15(3)21(14-17)24-6-2)20-12-11-16-9-7-8-10-19(16)22(20)4;1-13-11-17-18(22-10-9-21-17)12-16(13)19-15-6-4-3-5-14(15)7-8-20(19)2;1-13-16(11-15(21-3)12-19(13)22-4)18-10-9-14-7-5-6-8-17(14)20(18)2;1-12-9-16-17(21-11-20-16)10-15(12)18-14-6-4-3-5-13(14)7-8-19(18)2/h3-20H,1-2H3;7-12,15-16H,5-6,13-14H2,1-4H3;7-14H,5-6H2,1-4H3;3-8,11-12H,9-10H2,1-2H3;5-12H,1-4H3;3-10H,11H2,1-2H3/q6*+1. The predicted octanol–water partition coefficient (Wildman–Crippen LogP) is 27.3. The van der Waals surface area contributed by atoms with Crippen molar-refractivity contribution in [2.75, 3.05) is 60.7 Å². The molecule has 14 aromatic carbocycles. The van der Waals surface area contributed by atoms with Gasteiger partial charge in [-0.25, -0.2) is 13.7 Å². The minimum atomic E-state index is 0.305. The van der Waals surface area contributed by atoms with E-state index in [1.807, 2.05) is 98.8 Å². The van der Waals surface area contributed by atoms with Crippen LogP contribution < -0.4 is 84.2 Å². The van der Waals surface area contributed by atoms with E-state index in [0.717, 1.165) is 161 Å². The third kappa shape index (κ3) is 22.9. The van der Waals surface area contributed by atoms with Crippen molar-refractivity contribution in [3.8, 4) is 148 Å². The average Bonchev–Trinajstić information content (AvgIpc) is 1.56. The number of nitrogens with zero attached hydrogens (tertiary/aromatic N) is 6. The van der Waals surface area contributed by atoms with Crippen LogP contribution in [0.4, 0.5) is 0 Å². The lowest BCUT2D eigenvalue weighted by atomic mass is 9.98. The number of hydrogen-bond donors (Lipinski definition) is 0. The second-order valence-electron chi connectivity index (χ2n) is 36.6. The SMILES string of the molecule is CCCOc1cc(OCCC)c(C)c(-c2ccc3ccccc3[n+]2C)c1.CCOc1cc(OCC)c(C)c(-c2ccc3ccccc3[n+]2C)c1.COc1cc(OC)c(C)c(-c2ccc3ccccc3[n+]2C)c1.Cc1c(Oc2ccccc2)cc(Oc2ccccc2)cc1-c1c2ccccc2cc[n+]1C.Cc1cc2c(cc1-c1c3ccccc3cc[n+]1C)OCCO2.Cc1cc2c(cc1-c1c3ccccc3cc[n+]1C)OCO2. The first-order valence-electron chi connectivity index (χ1n) is 50.3. The Morgan fingerprint density at radius 2 is 0.599 bits per heavy atom. The Balaban J connectivity index is 0.000000121. The molecular weight excluding hydrogens is 1830 g/mol. The van der Waals surface area contributed by atoms with Gasteiger partial charge < -0.3 is 56.8 Å². The summed E-state index contributed by atoms with van der Waals surface area (Å²) >= 11 is 0. The van der Waals surface area contributed by atoms with Gasteiger partial charge in [-0.05, 0) is 223 Å². The van der Waals surface area contributed by atoms with E-state index >= 15 is 0 Å². The molecule has 147 heavy (non-hydrogen) atoms. The minimum absolute atomic E-state index is 0.305. The number of hydrogen-bond acceptors (Lipinski definition) is 12. The van der Waals surface area contributed by atoms with Crippen molar-refractivity contribution < 1.29 is 84.2 Å². The Labute approximate surface area is 862 Å². The Bertz CT molecular complexity index is 8160. The molecule has 20 aromatic rings. The van der Waals surface area contributed by atoms with Crippen molar-refractivity contribution in [2.45, 2.75) is 82.1 Å². The van der Waals surface area contributed by atoms with Crippen LogP contribution >= 0.6 is 0 Å². The fraction of sp³-hybridized carbons (Fsp3) is 0.209. The molecule has 0 N–H and O–H groups in total. The van der Waals surface area contributed by atoms with Gasteiger partial charge in [-0.2, -0.15) is 13.7 Å². The monoisotopic (exact) mass is 1950 g/mol. The van der Waals surface area contributed by atoms with E-state index in [9.17, 15) is 0 Å². The van der Waals surface area contributed by atoms with Gasteiger partial charge in [-0.15, -0.1) is 0 Å². The Hall–Kier alpha value is -16.9. The van der Waals surface area contributed by atoms with Crippen LogP contribution in [0.1, 0.15) is 73.9 Å². The van der Waals surface area contributed by atoms with E-state index in [0.29, 0.717) is 46.4 Å². The summed E-state index contributed by atoms with van der Waals surface area (Å²) in [4.78, 5) is 0. The van der Waals surface area contributed by atoms with Gasteiger partial charge in [-0.3, -0.25) is 0 Å². The zero-order valence-corrected chi connectivity index (χ0v) is 87.4. The molecule has 18 heteroatoms. The largest absolute Gasteiger partial charge is 0.497 e. The van der Waals surface area contributed by atoms with Gasteiger partial charge in [0.1, 0.15) is 113 Å². The Morgan fingerprint density at radius 1 is 0.259 bits per heavy atom. The molecule has 8 heterocycles. The lowest BCUT2D eigenvalue weighted by Crippen LogP contribution is -2.32. The van der Waals surface area contributed by atoms with Crippen LogP contribution in [0.2, 0.25) is 0 Å². The zero-order chi connectivity index (χ0) is 103. The molecule has 0 fully saturated rings. The molecule has 0 bridgehead atoms. The van der Waals surface area contributed by atoms with E-state index < -0.39 is 0 Å². The molecule has 0 saturated carbocycles. The van der Waals surface area contributed by atoms with Gasteiger partial charge in [0.15, 0.2) is 41.6 Å². The first-order chi connectivity index (χ1) is 71.6. The van der Waals surface area contributed by atoms with Crippen LogP contribution in [0.15, 0.2) is 352 Å². The summed E-state index contributed by atoms with van der Waals surface area (Å²) in [6, 6.07) is 114. The number of aryl methyl sites for hydroxylation is 8. The highest BCUT2D eigenvalue weighted by atomic mass is 16.7. The second kappa shape index (κ2) is 47.1. The summed E-state index contributed by atoms with van der Waals surface area (Å²) < 4.78 is 82.5. The Kier molecular flexibility index (Phi) is 32.6. The highest BCUT2D eigenvalue weighted by Crippen LogP contribution is 2.45. The number of methoxy groups -OCH3 is 2. The fourth-order valence-electron chi connectivity index (χ4n) is 19.2. The molecule has 0 aliphatic carbocycles. The van der Waals surface area contributed by atoms with Crippen molar-refractivity contribution in [3.63, 3.8) is 0 Å². The van der Waals surface area contributed by atoms with E-state index in [4.69, 9.17) is 56.8 Å². The first kappa shape index (κ1) is 102. The van der Waals surface area contributed by atoms with Crippen LogP contribution in [0.25, 0.3) is 133 Å². The maximum absolute atomic E-state index is 6.31. The van der Waals surface area contributed by atoms with Crippen LogP contribution in [-0.4, -0.2) is 60.7 Å². The van der Waals surface area contributed by atoms with E-state index in [-0.39, 0.29) is 0 Å². The lowest BCUT2D eigenvalue weighted by Gasteiger charge is -2.20. The van der Waals surface area contributed by atoms with E-state index in [1.165, 1.54) is 98.7 Å². The highest BCUT2D eigenvalue weighted by Gasteiger charge is 2.30. The number of para-hydroxylation sites is 5. The number of pyridine rings is 6. The van der Waals surface area contributed by atoms with Crippen LogP contribution in [0, 0.1) is 41.5 Å².